The van der Waals surface area contributed by atoms with Crippen molar-refractivity contribution in [3.05, 3.63) is 59.9 Å². The predicted octanol–water partition coefficient (Wildman–Crippen LogP) is 3.31. The summed E-state index contributed by atoms with van der Waals surface area (Å²) in [5.74, 6) is -1.20. The topological polar surface area (TPSA) is 104 Å². The summed E-state index contributed by atoms with van der Waals surface area (Å²) in [6, 6.07) is 11.5. The number of pyridine rings is 2. The third-order valence-corrected chi connectivity index (χ3v) is 6.47. The molecule has 0 radical (unpaired) electrons. The van der Waals surface area contributed by atoms with E-state index in [0.29, 0.717) is 11.0 Å². The van der Waals surface area contributed by atoms with Crippen LogP contribution >= 0.6 is 0 Å². The third kappa shape index (κ3) is 2.64. The monoisotopic (exact) mass is 438 g/mol. The number of rotatable bonds is 2. The molecule has 162 valence electrons. The zero-order valence-electron chi connectivity index (χ0n) is 18.0. The van der Waals surface area contributed by atoms with Crippen LogP contribution in [0.4, 0.5) is 0 Å². The van der Waals surface area contributed by atoms with E-state index in [-0.39, 0.29) is 12.8 Å². The van der Waals surface area contributed by atoms with E-state index in [1.807, 2.05) is 36.4 Å². The Bertz CT molecular complexity index is 1520. The number of methoxy groups -OCH3 is 2. The maximum Gasteiger partial charge on any atom is 0.323 e. The highest BCUT2D eigenvalue weighted by Crippen LogP contribution is 2.41. The largest absolute Gasteiger partial charge is 0.468 e. The molecule has 33 heavy (non-hydrogen) atoms. The lowest BCUT2D eigenvalue weighted by Gasteiger charge is -2.22. The molecule has 5 aromatic rings. The van der Waals surface area contributed by atoms with Crippen LogP contribution in [0.25, 0.3) is 43.9 Å². The summed E-state index contributed by atoms with van der Waals surface area (Å²) < 4.78 is 9.93. The second kappa shape index (κ2) is 6.90. The Morgan fingerprint density at radius 3 is 1.64 bits per heavy atom. The minimum atomic E-state index is -1.39. The number of nitrogens with zero attached hydrogens (tertiary/aromatic N) is 4. The van der Waals surface area contributed by atoms with E-state index in [2.05, 4.69) is 9.97 Å². The van der Waals surface area contributed by atoms with E-state index < -0.39 is 17.4 Å². The molecule has 0 atom stereocenters. The smallest absolute Gasteiger partial charge is 0.323 e. The molecule has 0 amide bonds. The van der Waals surface area contributed by atoms with Crippen molar-refractivity contribution in [3.63, 3.8) is 0 Å². The predicted molar refractivity (Wildman–Crippen MR) is 122 cm³/mol. The fraction of sp³-hybridized carbons (Fsp3) is 0.200. The zero-order chi connectivity index (χ0) is 22.7. The molecule has 0 spiro atoms. The minimum absolute atomic E-state index is 0.196. The third-order valence-electron chi connectivity index (χ3n) is 6.47. The van der Waals surface area contributed by atoms with Crippen LogP contribution in [-0.4, -0.2) is 46.1 Å². The summed E-state index contributed by atoms with van der Waals surface area (Å²) in [5.41, 5.74) is 4.69. The number of esters is 2. The number of fused-ring (bicyclic) bond motifs is 8. The van der Waals surface area contributed by atoms with Gasteiger partial charge in [-0.2, -0.15) is 0 Å². The summed E-state index contributed by atoms with van der Waals surface area (Å²) in [5, 5.41) is 1.74. The lowest BCUT2D eigenvalue weighted by molar-refractivity contribution is -0.168. The summed E-state index contributed by atoms with van der Waals surface area (Å²) in [7, 11) is 2.56. The Labute approximate surface area is 187 Å². The van der Waals surface area contributed by atoms with Gasteiger partial charge in [0.15, 0.2) is 5.41 Å². The number of carbonyl (C=O) groups excluding carboxylic acids is 2. The van der Waals surface area contributed by atoms with Crippen LogP contribution in [0.15, 0.2) is 48.8 Å². The molecule has 1 aliphatic carbocycles. The summed E-state index contributed by atoms with van der Waals surface area (Å²) in [6.07, 6.45) is 3.87. The van der Waals surface area contributed by atoms with Gasteiger partial charge in [-0.25, -0.2) is 9.97 Å². The van der Waals surface area contributed by atoms with Crippen molar-refractivity contribution in [2.75, 3.05) is 14.2 Å². The molecule has 0 fully saturated rings. The quantitative estimate of drug-likeness (QED) is 0.179. The van der Waals surface area contributed by atoms with Gasteiger partial charge in [0.2, 0.25) is 0 Å². The summed E-state index contributed by atoms with van der Waals surface area (Å²) in [6.45, 7) is 0. The molecule has 0 unspecified atom stereocenters. The first-order valence-corrected chi connectivity index (χ1v) is 10.5. The Balaban J connectivity index is 1.64. The maximum absolute atomic E-state index is 12.6. The van der Waals surface area contributed by atoms with Gasteiger partial charge in [0.25, 0.3) is 0 Å². The van der Waals surface area contributed by atoms with Crippen LogP contribution < -0.4 is 0 Å². The van der Waals surface area contributed by atoms with Gasteiger partial charge in [-0.1, -0.05) is 0 Å². The highest BCUT2D eigenvalue weighted by molar-refractivity contribution is 6.21. The van der Waals surface area contributed by atoms with Crippen molar-refractivity contribution < 1.29 is 19.1 Å². The van der Waals surface area contributed by atoms with Crippen molar-refractivity contribution in [1.82, 2.24) is 19.9 Å². The van der Waals surface area contributed by atoms with Crippen molar-refractivity contribution in [3.8, 4) is 0 Å². The van der Waals surface area contributed by atoms with Gasteiger partial charge in [-0.05, 0) is 60.4 Å². The Kier molecular flexibility index (Phi) is 4.07. The summed E-state index contributed by atoms with van der Waals surface area (Å²) >= 11 is 0. The molecule has 1 aliphatic rings. The van der Waals surface area contributed by atoms with Crippen LogP contribution in [0.2, 0.25) is 0 Å². The number of carbonyl (C=O) groups is 2. The summed E-state index contributed by atoms with van der Waals surface area (Å²) in [4.78, 5) is 44.2. The van der Waals surface area contributed by atoms with E-state index in [1.165, 1.54) is 14.2 Å². The molecule has 8 heteroatoms. The zero-order valence-corrected chi connectivity index (χ0v) is 18.0. The second-order valence-corrected chi connectivity index (χ2v) is 8.25. The lowest BCUT2D eigenvalue weighted by Crippen LogP contribution is -2.42. The van der Waals surface area contributed by atoms with Crippen LogP contribution in [0.1, 0.15) is 11.1 Å². The Hall–Kier alpha value is -4.20. The first kappa shape index (κ1) is 19.5. The number of ether oxygens (including phenoxy) is 2. The standard InChI is InChI=1S/C25H18N4O4/c1-32-23(30)25(24(31)33-2)11-13-9-17-18(10-14(13)12-25)29-22-16-6-4-8-27-20(16)19-15(21(22)28-17)5-3-7-26-19/h3-10H,11-12H2,1-2H3. The fourth-order valence-corrected chi connectivity index (χ4v) is 4.94. The highest BCUT2D eigenvalue weighted by Gasteiger charge is 2.52. The molecule has 3 aromatic heterocycles. The molecular formula is C25H18N4O4. The highest BCUT2D eigenvalue weighted by atomic mass is 16.5. The van der Waals surface area contributed by atoms with Gasteiger partial charge < -0.3 is 9.47 Å². The Morgan fingerprint density at radius 1 is 0.758 bits per heavy atom. The van der Waals surface area contributed by atoms with Crippen LogP contribution in [0, 0.1) is 5.41 Å². The van der Waals surface area contributed by atoms with Crippen molar-refractivity contribution in [2.24, 2.45) is 5.41 Å². The van der Waals surface area contributed by atoms with Gasteiger partial charge in [-0.15, -0.1) is 0 Å². The van der Waals surface area contributed by atoms with E-state index in [4.69, 9.17) is 19.4 Å². The van der Waals surface area contributed by atoms with E-state index in [1.54, 1.807) is 12.4 Å². The molecule has 0 N–H and O–H groups in total. The molecule has 2 aromatic carbocycles. The SMILES string of the molecule is COC(=O)C1(C(=O)OC)Cc2cc3nc4c5cccnc5c5ncccc5c4nc3cc2C1. The number of aromatic nitrogens is 4. The second-order valence-electron chi connectivity index (χ2n) is 8.25. The van der Waals surface area contributed by atoms with E-state index in [9.17, 15) is 9.59 Å². The molecule has 3 heterocycles. The van der Waals surface area contributed by atoms with Crippen LogP contribution in [0.3, 0.4) is 0 Å². The molecule has 6 rings (SSSR count). The fourth-order valence-electron chi connectivity index (χ4n) is 4.94. The number of hydrogen-bond donors (Lipinski definition) is 0. The van der Waals surface area contributed by atoms with Crippen molar-refractivity contribution in [1.29, 1.82) is 0 Å². The maximum atomic E-state index is 12.6. The molecule has 0 bridgehead atoms. The van der Waals surface area contributed by atoms with E-state index >= 15 is 0 Å². The first-order valence-electron chi connectivity index (χ1n) is 10.5. The van der Waals surface area contributed by atoms with Crippen molar-refractivity contribution in [2.45, 2.75) is 12.8 Å². The lowest BCUT2D eigenvalue weighted by atomic mass is 9.85. The first-order chi connectivity index (χ1) is 16.1. The number of hydrogen-bond acceptors (Lipinski definition) is 8. The molecule has 0 saturated carbocycles. The normalized spacial score (nSPS) is 14.6. The van der Waals surface area contributed by atoms with Gasteiger partial charge in [0, 0.05) is 23.2 Å². The molecule has 0 saturated heterocycles. The van der Waals surface area contributed by atoms with Crippen LogP contribution in [-0.2, 0) is 31.9 Å². The molecular weight excluding hydrogens is 420 g/mol. The minimum Gasteiger partial charge on any atom is -0.468 e. The van der Waals surface area contributed by atoms with Gasteiger partial charge in [0.05, 0.1) is 47.3 Å². The average Bonchev–Trinajstić information content (AvgIpc) is 3.25. The molecule has 8 nitrogen and oxygen atoms in total. The molecule has 0 aliphatic heterocycles. The van der Waals surface area contributed by atoms with Crippen LogP contribution in [0.5, 0.6) is 0 Å². The van der Waals surface area contributed by atoms with Gasteiger partial charge >= 0.3 is 11.9 Å². The van der Waals surface area contributed by atoms with Crippen molar-refractivity contribution >= 4 is 55.8 Å². The van der Waals surface area contributed by atoms with Gasteiger partial charge in [0.1, 0.15) is 0 Å². The average molecular weight is 438 g/mol. The van der Waals surface area contributed by atoms with E-state index in [0.717, 1.165) is 44.0 Å². The number of benzene rings is 2. The van der Waals surface area contributed by atoms with Gasteiger partial charge in [-0.3, -0.25) is 19.6 Å². The Morgan fingerprint density at radius 2 is 1.21 bits per heavy atom.